The van der Waals surface area contributed by atoms with Gasteiger partial charge in [0.25, 0.3) is 0 Å². The summed E-state index contributed by atoms with van der Waals surface area (Å²) in [5, 5.41) is 21.1. The van der Waals surface area contributed by atoms with Crippen molar-refractivity contribution >= 4 is 11.9 Å². The van der Waals surface area contributed by atoms with Crippen LogP contribution in [-0.4, -0.2) is 74.6 Å². The predicted molar refractivity (Wildman–Crippen MR) is 153 cm³/mol. The van der Waals surface area contributed by atoms with E-state index >= 15 is 0 Å². The van der Waals surface area contributed by atoms with E-state index in [0.29, 0.717) is 6.42 Å². The van der Waals surface area contributed by atoms with Gasteiger partial charge in [-0.3, -0.25) is 4.79 Å². The van der Waals surface area contributed by atoms with Gasteiger partial charge in [-0.25, -0.2) is 0 Å². The Bertz CT molecular complexity index is 602. The number of hydrogen-bond acceptors (Lipinski definition) is 6. The van der Waals surface area contributed by atoms with Crippen molar-refractivity contribution in [3.8, 4) is 0 Å². The Morgan fingerprint density at radius 3 is 1.79 bits per heavy atom. The van der Waals surface area contributed by atoms with E-state index in [1.807, 2.05) is 0 Å². The van der Waals surface area contributed by atoms with Gasteiger partial charge in [-0.15, -0.1) is 0 Å². The van der Waals surface area contributed by atoms with Crippen molar-refractivity contribution in [1.29, 1.82) is 0 Å². The van der Waals surface area contributed by atoms with Gasteiger partial charge in [0, 0.05) is 12.8 Å². The number of aliphatic carboxylic acids is 1. The molecule has 0 fully saturated rings. The smallest absolute Gasteiger partial charge is 0.305 e. The molecule has 0 rings (SSSR count). The van der Waals surface area contributed by atoms with Crippen LogP contribution in [0.1, 0.15) is 122 Å². The number of allylic oxidation sites excluding steroid dienone is 2. The number of nitrogens with zero attached hydrogens (tertiary/aromatic N) is 1. The Labute approximate surface area is 233 Å². The molecule has 7 nitrogen and oxygen atoms in total. The number of esters is 1. The molecule has 0 aromatic carbocycles. The molecule has 0 aliphatic heterocycles. The summed E-state index contributed by atoms with van der Waals surface area (Å²) >= 11 is 0. The lowest BCUT2D eigenvalue weighted by molar-refractivity contribution is -0.889. The Kier molecular flexibility index (Phi) is 23.7. The number of carbonyl (C=O) groups excluding carboxylic acids is 2. The average molecular weight is 542 g/mol. The first-order chi connectivity index (χ1) is 18.2. The molecule has 0 aliphatic rings. The van der Waals surface area contributed by atoms with Gasteiger partial charge in [-0.05, 0) is 32.1 Å². The molecule has 224 valence electrons. The summed E-state index contributed by atoms with van der Waals surface area (Å²) in [6, 6.07) is -0.684. The van der Waals surface area contributed by atoms with Crippen LogP contribution in [0.5, 0.6) is 0 Å². The van der Waals surface area contributed by atoms with Crippen molar-refractivity contribution in [3.63, 3.8) is 0 Å². The van der Waals surface area contributed by atoms with Crippen LogP contribution in [-0.2, 0) is 19.1 Å². The number of carboxylic acids is 1. The fourth-order valence-corrected chi connectivity index (χ4v) is 4.42. The highest BCUT2D eigenvalue weighted by Gasteiger charge is 2.24. The highest BCUT2D eigenvalue weighted by molar-refractivity contribution is 5.69. The quantitative estimate of drug-likeness (QED) is 0.0654. The maximum atomic E-state index is 11.9. The zero-order valence-corrected chi connectivity index (χ0v) is 25.1. The second kappa shape index (κ2) is 24.6. The SMILES string of the molecule is CCCCCCCCCCC/C=C/CCCCCCCC(=O)OCC(O)COCCC(C(=O)[O-])[N+](C)(C)C. The number of aliphatic hydroxyl groups excluding tert-OH is 1. The molecule has 0 aliphatic carbocycles. The van der Waals surface area contributed by atoms with Crippen LogP contribution in [0.2, 0.25) is 0 Å². The van der Waals surface area contributed by atoms with E-state index in [1.54, 1.807) is 21.1 Å². The average Bonchev–Trinajstić information content (AvgIpc) is 2.85. The molecule has 0 amide bonds. The minimum absolute atomic E-state index is 0.00215. The third kappa shape index (κ3) is 23.7. The molecule has 0 aromatic heterocycles. The first-order valence-electron chi connectivity index (χ1n) is 15.3. The summed E-state index contributed by atoms with van der Waals surface area (Å²) in [5.41, 5.74) is 0. The van der Waals surface area contributed by atoms with Crippen molar-refractivity contribution in [1.82, 2.24) is 0 Å². The molecule has 38 heavy (non-hydrogen) atoms. The zero-order chi connectivity index (χ0) is 28.5. The maximum Gasteiger partial charge on any atom is 0.305 e. The zero-order valence-electron chi connectivity index (χ0n) is 25.1. The highest BCUT2D eigenvalue weighted by Crippen LogP contribution is 2.12. The molecule has 0 radical (unpaired) electrons. The van der Waals surface area contributed by atoms with E-state index in [-0.39, 0.29) is 36.7 Å². The molecule has 2 unspecified atom stereocenters. The van der Waals surface area contributed by atoms with Crippen molar-refractivity contribution in [2.45, 2.75) is 135 Å². The molecular weight excluding hydrogens is 482 g/mol. The molecule has 0 spiro atoms. The molecule has 2 atom stereocenters. The van der Waals surface area contributed by atoms with E-state index < -0.39 is 18.1 Å². The molecule has 0 heterocycles. The molecule has 0 bridgehead atoms. The summed E-state index contributed by atoms with van der Waals surface area (Å²) in [5.74, 6) is -1.42. The lowest BCUT2D eigenvalue weighted by atomic mass is 10.1. The van der Waals surface area contributed by atoms with Crippen LogP contribution in [0.15, 0.2) is 12.2 Å². The lowest BCUT2D eigenvalue weighted by Crippen LogP contribution is -2.55. The maximum absolute atomic E-state index is 11.9. The highest BCUT2D eigenvalue weighted by atomic mass is 16.5. The fraction of sp³-hybridized carbons (Fsp3) is 0.871. The second-order valence-electron chi connectivity index (χ2n) is 11.5. The summed E-state index contributed by atoms with van der Waals surface area (Å²) < 4.78 is 10.7. The Balaban J connectivity index is 3.51. The number of hydrogen-bond donors (Lipinski definition) is 1. The van der Waals surface area contributed by atoms with Gasteiger partial charge in [0.15, 0.2) is 0 Å². The normalized spacial score (nSPS) is 13.6. The Morgan fingerprint density at radius 1 is 0.789 bits per heavy atom. The van der Waals surface area contributed by atoms with Gasteiger partial charge in [0.1, 0.15) is 18.8 Å². The molecular formula is C31H59NO6. The molecule has 0 saturated carbocycles. The molecule has 1 N–H and O–H groups in total. The van der Waals surface area contributed by atoms with Crippen LogP contribution >= 0.6 is 0 Å². The number of ether oxygens (including phenoxy) is 2. The van der Waals surface area contributed by atoms with Gasteiger partial charge in [0.05, 0.1) is 40.3 Å². The van der Waals surface area contributed by atoms with Crippen molar-refractivity contribution in [2.24, 2.45) is 0 Å². The number of likely N-dealkylation sites (N-methyl/N-ethyl adjacent to an activating group) is 1. The van der Waals surface area contributed by atoms with E-state index in [4.69, 9.17) is 9.47 Å². The largest absolute Gasteiger partial charge is 0.544 e. The van der Waals surface area contributed by atoms with Crippen LogP contribution < -0.4 is 5.11 Å². The molecule has 0 aromatic rings. The third-order valence-corrected chi connectivity index (χ3v) is 6.88. The van der Waals surface area contributed by atoms with E-state index in [0.717, 1.165) is 25.7 Å². The lowest BCUT2D eigenvalue weighted by Gasteiger charge is -2.34. The van der Waals surface area contributed by atoms with E-state index in [2.05, 4.69) is 19.1 Å². The number of aliphatic hydroxyl groups is 1. The standard InChI is InChI=1S/C31H59NO6/c1-5-6-7-8-9-10-11-12-13-14-15-16-17-18-19-20-21-22-23-30(34)38-27-28(33)26-37-25-24-29(31(35)36)32(2,3)4/h15-16,28-29,33H,5-14,17-27H2,1-4H3/b16-15+. The number of carboxylic acid groups (broad SMARTS) is 1. The summed E-state index contributed by atoms with van der Waals surface area (Å²) in [4.78, 5) is 23.1. The third-order valence-electron chi connectivity index (χ3n) is 6.88. The van der Waals surface area contributed by atoms with Crippen LogP contribution in [0.3, 0.4) is 0 Å². The number of rotatable bonds is 27. The predicted octanol–water partition coefficient (Wildman–Crippen LogP) is 5.33. The molecule has 7 heteroatoms. The van der Waals surface area contributed by atoms with Gasteiger partial charge in [-0.1, -0.05) is 89.7 Å². The monoisotopic (exact) mass is 541 g/mol. The first kappa shape index (κ1) is 36.6. The van der Waals surface area contributed by atoms with Crippen LogP contribution in [0.25, 0.3) is 0 Å². The van der Waals surface area contributed by atoms with Gasteiger partial charge < -0.3 is 29.0 Å². The Hall–Kier alpha value is -1.44. The number of quaternary nitrogens is 1. The van der Waals surface area contributed by atoms with Crippen molar-refractivity contribution < 1.29 is 33.8 Å². The van der Waals surface area contributed by atoms with Crippen LogP contribution in [0.4, 0.5) is 0 Å². The summed E-state index contributed by atoms with van der Waals surface area (Å²) in [6.45, 7) is 2.34. The first-order valence-corrected chi connectivity index (χ1v) is 15.3. The fourth-order valence-electron chi connectivity index (χ4n) is 4.42. The summed E-state index contributed by atoms with van der Waals surface area (Å²) in [6.07, 6.45) is 24.4. The van der Waals surface area contributed by atoms with Gasteiger partial charge in [-0.2, -0.15) is 0 Å². The topological polar surface area (TPSA) is 95.9 Å². The van der Waals surface area contributed by atoms with Crippen molar-refractivity contribution in [2.75, 3.05) is 41.0 Å². The number of unbranched alkanes of at least 4 members (excludes halogenated alkanes) is 14. The number of carbonyl (C=O) groups is 2. The molecule has 0 saturated heterocycles. The minimum atomic E-state index is -1.12. The van der Waals surface area contributed by atoms with Gasteiger partial charge >= 0.3 is 5.97 Å². The van der Waals surface area contributed by atoms with Gasteiger partial charge in [0.2, 0.25) is 0 Å². The minimum Gasteiger partial charge on any atom is -0.544 e. The Morgan fingerprint density at radius 2 is 1.29 bits per heavy atom. The van der Waals surface area contributed by atoms with E-state index in [9.17, 15) is 19.8 Å². The second-order valence-corrected chi connectivity index (χ2v) is 11.5. The summed E-state index contributed by atoms with van der Waals surface area (Å²) in [7, 11) is 5.35. The van der Waals surface area contributed by atoms with E-state index in [1.165, 1.54) is 77.0 Å². The van der Waals surface area contributed by atoms with Crippen LogP contribution in [0, 0.1) is 0 Å². The van der Waals surface area contributed by atoms with Crippen molar-refractivity contribution in [3.05, 3.63) is 12.2 Å².